The van der Waals surface area contributed by atoms with Gasteiger partial charge in [-0.25, -0.2) is 0 Å². The van der Waals surface area contributed by atoms with E-state index in [0.29, 0.717) is 10.0 Å². The van der Waals surface area contributed by atoms with E-state index in [1.165, 1.54) is 17.5 Å². The second kappa shape index (κ2) is 4.04. The van der Waals surface area contributed by atoms with Gasteiger partial charge in [0.2, 0.25) is 0 Å². The largest absolute Gasteiger partial charge is 0.381 e. The summed E-state index contributed by atoms with van der Waals surface area (Å²) < 4.78 is 0.656. The predicted molar refractivity (Wildman–Crippen MR) is 55.4 cm³/mol. The van der Waals surface area contributed by atoms with E-state index >= 15 is 0 Å². The van der Waals surface area contributed by atoms with Gasteiger partial charge in [0.1, 0.15) is 6.10 Å². The predicted octanol–water partition coefficient (Wildman–Crippen LogP) is 2.27. The Bertz CT molecular complexity index is 418. The lowest BCUT2D eigenvalue weighted by Gasteiger charge is -2.05. The number of aliphatic hydroxyl groups is 1. The highest BCUT2D eigenvalue weighted by Gasteiger charge is 2.13. The molecule has 0 saturated heterocycles. The first kappa shape index (κ1) is 9.58. The molecule has 0 aliphatic rings. The molecule has 1 atom stereocenters. The van der Waals surface area contributed by atoms with Gasteiger partial charge in [-0.1, -0.05) is 11.6 Å². The van der Waals surface area contributed by atoms with Crippen molar-refractivity contribution in [1.82, 2.24) is 9.97 Å². The molecule has 3 nitrogen and oxygen atoms in total. The number of rotatable bonds is 2. The highest BCUT2D eigenvalue weighted by molar-refractivity contribution is 7.16. The summed E-state index contributed by atoms with van der Waals surface area (Å²) in [6.07, 6.45) is 3.92. The summed E-state index contributed by atoms with van der Waals surface area (Å²) in [5.41, 5.74) is 0.533. The van der Waals surface area contributed by atoms with Crippen LogP contribution < -0.4 is 0 Å². The van der Waals surface area contributed by atoms with E-state index < -0.39 is 6.10 Å². The molecule has 14 heavy (non-hydrogen) atoms. The van der Waals surface area contributed by atoms with Crippen molar-refractivity contribution in [2.24, 2.45) is 0 Å². The third kappa shape index (κ3) is 1.92. The van der Waals surface area contributed by atoms with Gasteiger partial charge in [-0.15, -0.1) is 11.3 Å². The van der Waals surface area contributed by atoms with Gasteiger partial charge in [-0.05, 0) is 12.1 Å². The van der Waals surface area contributed by atoms with Crippen LogP contribution in [0.15, 0.2) is 30.7 Å². The molecule has 1 unspecified atom stereocenters. The lowest BCUT2D eigenvalue weighted by atomic mass is 10.2. The maximum absolute atomic E-state index is 9.85. The molecule has 0 radical (unpaired) electrons. The van der Waals surface area contributed by atoms with Gasteiger partial charge >= 0.3 is 0 Å². The Morgan fingerprint density at radius 2 is 2.21 bits per heavy atom. The third-order valence-corrected chi connectivity index (χ3v) is 3.01. The van der Waals surface area contributed by atoms with Gasteiger partial charge in [0.05, 0.1) is 16.2 Å². The summed E-state index contributed by atoms with van der Waals surface area (Å²) in [7, 11) is 0. The van der Waals surface area contributed by atoms with Crippen LogP contribution in [0.2, 0.25) is 4.34 Å². The summed E-state index contributed by atoms with van der Waals surface area (Å²) in [4.78, 5) is 8.68. The molecule has 1 N–H and O–H groups in total. The van der Waals surface area contributed by atoms with Crippen molar-refractivity contribution in [3.05, 3.63) is 45.6 Å². The zero-order valence-corrected chi connectivity index (χ0v) is 8.66. The van der Waals surface area contributed by atoms with Crippen molar-refractivity contribution in [1.29, 1.82) is 0 Å². The smallest absolute Gasteiger partial charge is 0.132 e. The normalized spacial score (nSPS) is 12.7. The van der Waals surface area contributed by atoms with Crippen LogP contribution in [0.5, 0.6) is 0 Å². The molecule has 5 heteroatoms. The van der Waals surface area contributed by atoms with Gasteiger partial charge in [-0.3, -0.25) is 9.97 Å². The molecule has 0 aromatic carbocycles. The van der Waals surface area contributed by atoms with E-state index in [9.17, 15) is 5.11 Å². The molecule has 72 valence electrons. The Labute approximate surface area is 90.0 Å². The summed E-state index contributed by atoms with van der Waals surface area (Å²) in [6.45, 7) is 0. The van der Waals surface area contributed by atoms with Crippen molar-refractivity contribution < 1.29 is 5.11 Å². The van der Waals surface area contributed by atoms with Crippen LogP contribution in [0.3, 0.4) is 0 Å². The molecule has 0 bridgehead atoms. The molecule has 0 aliphatic heterocycles. The maximum atomic E-state index is 9.85. The molecular formula is C9H7ClN2OS. The van der Waals surface area contributed by atoms with Gasteiger partial charge in [0, 0.05) is 17.3 Å². The summed E-state index contributed by atoms with van der Waals surface area (Å²) in [5, 5.41) is 9.85. The summed E-state index contributed by atoms with van der Waals surface area (Å²) >= 11 is 7.10. The van der Waals surface area contributed by atoms with Crippen molar-refractivity contribution in [2.75, 3.05) is 0 Å². The van der Waals surface area contributed by atoms with Crippen LogP contribution in [-0.4, -0.2) is 15.1 Å². The number of aliphatic hydroxyl groups excluding tert-OH is 1. The first-order chi connectivity index (χ1) is 6.77. The van der Waals surface area contributed by atoms with Crippen LogP contribution in [0.1, 0.15) is 16.7 Å². The van der Waals surface area contributed by atoms with E-state index in [2.05, 4.69) is 9.97 Å². The summed E-state index contributed by atoms with van der Waals surface area (Å²) in [5.74, 6) is 0. The van der Waals surface area contributed by atoms with Gasteiger partial charge in [0.25, 0.3) is 0 Å². The first-order valence-electron chi connectivity index (χ1n) is 3.96. The zero-order chi connectivity index (χ0) is 9.97. The molecule has 0 spiro atoms. The van der Waals surface area contributed by atoms with Crippen LogP contribution in [0.4, 0.5) is 0 Å². The van der Waals surface area contributed by atoms with Crippen LogP contribution in [0, 0.1) is 0 Å². The molecule has 2 aromatic rings. The van der Waals surface area contributed by atoms with Crippen LogP contribution in [0.25, 0.3) is 0 Å². The SMILES string of the molecule is OC(c1cnccn1)c1ccc(Cl)s1. The average molecular weight is 227 g/mol. The molecule has 2 rings (SSSR count). The first-order valence-corrected chi connectivity index (χ1v) is 5.16. The minimum Gasteiger partial charge on any atom is -0.381 e. The quantitative estimate of drug-likeness (QED) is 0.855. The number of aromatic nitrogens is 2. The fourth-order valence-corrected chi connectivity index (χ4v) is 2.13. The van der Waals surface area contributed by atoms with Crippen molar-refractivity contribution >= 4 is 22.9 Å². The lowest BCUT2D eigenvalue weighted by Crippen LogP contribution is -1.99. The highest BCUT2D eigenvalue weighted by atomic mass is 35.5. The topological polar surface area (TPSA) is 46.0 Å². The van der Waals surface area contributed by atoms with E-state index in [0.717, 1.165) is 4.88 Å². The Kier molecular flexibility index (Phi) is 2.77. The number of hydrogen-bond donors (Lipinski definition) is 1. The number of nitrogens with zero attached hydrogens (tertiary/aromatic N) is 2. The van der Waals surface area contributed by atoms with Crippen molar-refractivity contribution in [3.8, 4) is 0 Å². The monoisotopic (exact) mass is 226 g/mol. The number of halogens is 1. The maximum Gasteiger partial charge on any atom is 0.132 e. The number of hydrogen-bond acceptors (Lipinski definition) is 4. The molecule has 0 saturated carbocycles. The Morgan fingerprint density at radius 3 is 2.79 bits per heavy atom. The van der Waals surface area contributed by atoms with E-state index in [-0.39, 0.29) is 0 Å². The summed E-state index contributed by atoms with van der Waals surface area (Å²) in [6, 6.07) is 3.54. The highest BCUT2D eigenvalue weighted by Crippen LogP contribution is 2.29. The van der Waals surface area contributed by atoms with Gasteiger partial charge in [-0.2, -0.15) is 0 Å². The second-order valence-corrected chi connectivity index (χ2v) is 4.42. The Balaban J connectivity index is 2.29. The Hall–Kier alpha value is -0.970. The number of thiophene rings is 1. The minimum absolute atomic E-state index is 0.533. The van der Waals surface area contributed by atoms with Crippen molar-refractivity contribution in [2.45, 2.75) is 6.10 Å². The fraction of sp³-hybridized carbons (Fsp3) is 0.111. The van der Waals surface area contributed by atoms with E-state index in [4.69, 9.17) is 11.6 Å². The molecule has 2 aromatic heterocycles. The second-order valence-electron chi connectivity index (χ2n) is 2.67. The Morgan fingerprint density at radius 1 is 1.36 bits per heavy atom. The van der Waals surface area contributed by atoms with E-state index in [1.807, 2.05) is 0 Å². The fourth-order valence-electron chi connectivity index (χ4n) is 1.07. The van der Waals surface area contributed by atoms with Crippen LogP contribution in [-0.2, 0) is 0 Å². The van der Waals surface area contributed by atoms with Crippen molar-refractivity contribution in [3.63, 3.8) is 0 Å². The average Bonchev–Trinajstić information content (AvgIpc) is 2.65. The van der Waals surface area contributed by atoms with Gasteiger partial charge in [0.15, 0.2) is 0 Å². The molecule has 0 amide bonds. The van der Waals surface area contributed by atoms with E-state index in [1.54, 1.807) is 24.5 Å². The molecule has 0 fully saturated rings. The third-order valence-electron chi connectivity index (χ3n) is 1.73. The molecular weight excluding hydrogens is 220 g/mol. The zero-order valence-electron chi connectivity index (χ0n) is 7.09. The minimum atomic E-state index is -0.735. The molecule has 0 aliphatic carbocycles. The van der Waals surface area contributed by atoms with Gasteiger partial charge < -0.3 is 5.11 Å². The lowest BCUT2D eigenvalue weighted by molar-refractivity contribution is 0.218. The molecule has 2 heterocycles. The standard InChI is InChI=1S/C9H7ClN2OS/c10-8-2-1-7(14-8)9(13)6-5-11-3-4-12-6/h1-5,9,13H. The van der Waals surface area contributed by atoms with Crippen LogP contribution >= 0.6 is 22.9 Å².